The van der Waals surface area contributed by atoms with Crippen molar-refractivity contribution in [3.63, 3.8) is 0 Å². The molecule has 0 atom stereocenters. The molecule has 0 saturated carbocycles. The Morgan fingerprint density at radius 3 is 2.35 bits per heavy atom. The molecule has 6 nitrogen and oxygen atoms in total. The van der Waals surface area contributed by atoms with Crippen molar-refractivity contribution in [2.24, 2.45) is 0 Å². The number of aliphatic hydroxyl groups is 1. The fourth-order valence-electron chi connectivity index (χ4n) is 1.94. The maximum Gasteiger partial charge on any atom is 0.416 e. The first kappa shape index (κ1) is 21.0. The number of nitrogens with zero attached hydrogens (tertiary/aromatic N) is 1. The maximum atomic E-state index is 12.5. The molecule has 1 aromatic rings. The Balaban J connectivity index is 2.73. The standard InChI is InChI=1S/C17H17F3N2O4/c1-2-26-15(24)5-3-4-14(23)13(10-21)16(25)22-12-8-6-11(7-9-12)17(18,19)20/h6-9,23H,2-5H2,1H3,(H,22,25)/b14-13-. The molecular formula is C17H17F3N2O4. The minimum absolute atomic E-state index is 0.0110. The Hall–Kier alpha value is -3.02. The molecule has 0 aliphatic heterocycles. The van der Waals surface area contributed by atoms with E-state index in [1.54, 1.807) is 13.0 Å². The zero-order chi connectivity index (χ0) is 19.7. The van der Waals surface area contributed by atoms with Crippen LogP contribution in [0.15, 0.2) is 35.6 Å². The van der Waals surface area contributed by atoms with Gasteiger partial charge in [-0.25, -0.2) is 0 Å². The molecule has 1 aromatic carbocycles. The number of aliphatic hydroxyl groups excluding tert-OH is 1. The summed E-state index contributed by atoms with van der Waals surface area (Å²) >= 11 is 0. The quantitative estimate of drug-likeness (QED) is 0.330. The molecule has 1 rings (SSSR count). The van der Waals surface area contributed by atoms with Crippen molar-refractivity contribution in [2.75, 3.05) is 11.9 Å². The third-order valence-electron chi connectivity index (χ3n) is 3.20. The number of anilines is 1. The lowest BCUT2D eigenvalue weighted by Crippen LogP contribution is -2.16. The van der Waals surface area contributed by atoms with Gasteiger partial charge in [-0.3, -0.25) is 9.59 Å². The highest BCUT2D eigenvalue weighted by atomic mass is 19.4. The summed E-state index contributed by atoms with van der Waals surface area (Å²) in [7, 11) is 0. The minimum atomic E-state index is -4.50. The van der Waals surface area contributed by atoms with Gasteiger partial charge in [-0.05, 0) is 37.6 Å². The molecule has 0 spiro atoms. The van der Waals surface area contributed by atoms with Crippen LogP contribution in [0, 0.1) is 11.3 Å². The number of halogens is 3. The van der Waals surface area contributed by atoms with Gasteiger partial charge in [0.15, 0.2) is 5.57 Å². The molecule has 0 saturated heterocycles. The van der Waals surface area contributed by atoms with E-state index in [0.717, 1.165) is 24.3 Å². The van der Waals surface area contributed by atoms with E-state index in [9.17, 15) is 27.9 Å². The highest BCUT2D eigenvalue weighted by Crippen LogP contribution is 2.29. The summed E-state index contributed by atoms with van der Waals surface area (Å²) in [4.78, 5) is 23.2. The summed E-state index contributed by atoms with van der Waals surface area (Å²) in [6.45, 7) is 1.87. The van der Waals surface area contributed by atoms with Gasteiger partial charge in [0.2, 0.25) is 0 Å². The number of allylic oxidation sites excluding steroid dienone is 1. The number of nitriles is 1. The van der Waals surface area contributed by atoms with E-state index in [2.05, 4.69) is 5.32 Å². The largest absolute Gasteiger partial charge is 0.511 e. The molecular weight excluding hydrogens is 353 g/mol. The first-order chi connectivity index (χ1) is 12.2. The van der Waals surface area contributed by atoms with Crippen molar-refractivity contribution >= 4 is 17.6 Å². The second kappa shape index (κ2) is 9.46. The van der Waals surface area contributed by atoms with Crippen LogP contribution in [0.3, 0.4) is 0 Å². The zero-order valence-corrected chi connectivity index (χ0v) is 13.9. The van der Waals surface area contributed by atoms with Gasteiger partial charge in [0.1, 0.15) is 11.8 Å². The van der Waals surface area contributed by atoms with Crippen LogP contribution in [0.1, 0.15) is 31.7 Å². The lowest BCUT2D eigenvalue weighted by Gasteiger charge is -2.09. The number of benzene rings is 1. The van der Waals surface area contributed by atoms with Crippen LogP contribution in [0.4, 0.5) is 18.9 Å². The van der Waals surface area contributed by atoms with Crippen molar-refractivity contribution in [2.45, 2.75) is 32.4 Å². The maximum absolute atomic E-state index is 12.5. The molecule has 0 aliphatic carbocycles. The molecule has 0 bridgehead atoms. The van der Waals surface area contributed by atoms with Crippen molar-refractivity contribution in [3.8, 4) is 6.07 Å². The van der Waals surface area contributed by atoms with E-state index in [-0.39, 0.29) is 31.6 Å². The molecule has 0 fully saturated rings. The van der Waals surface area contributed by atoms with Crippen LogP contribution in [-0.4, -0.2) is 23.6 Å². The number of amides is 1. The average molecular weight is 370 g/mol. The highest BCUT2D eigenvalue weighted by Gasteiger charge is 2.30. The molecule has 9 heteroatoms. The zero-order valence-electron chi connectivity index (χ0n) is 13.9. The summed E-state index contributed by atoms with van der Waals surface area (Å²) in [5, 5.41) is 21.1. The van der Waals surface area contributed by atoms with Gasteiger partial charge in [0, 0.05) is 18.5 Å². The molecule has 0 radical (unpaired) electrons. The molecule has 26 heavy (non-hydrogen) atoms. The van der Waals surface area contributed by atoms with Gasteiger partial charge >= 0.3 is 12.1 Å². The molecule has 0 unspecified atom stereocenters. The number of alkyl halides is 3. The van der Waals surface area contributed by atoms with Crippen LogP contribution in [0.2, 0.25) is 0 Å². The number of carbonyl (C=O) groups is 2. The second-order valence-electron chi connectivity index (χ2n) is 5.12. The van der Waals surface area contributed by atoms with Crippen LogP contribution >= 0.6 is 0 Å². The smallest absolute Gasteiger partial charge is 0.416 e. The molecule has 0 heterocycles. The van der Waals surface area contributed by atoms with Gasteiger partial charge in [0.25, 0.3) is 5.91 Å². The van der Waals surface area contributed by atoms with E-state index < -0.39 is 34.9 Å². The third-order valence-corrected chi connectivity index (χ3v) is 3.20. The van der Waals surface area contributed by atoms with Gasteiger partial charge in [0.05, 0.1) is 12.2 Å². The van der Waals surface area contributed by atoms with E-state index >= 15 is 0 Å². The van der Waals surface area contributed by atoms with Crippen LogP contribution in [-0.2, 0) is 20.5 Å². The van der Waals surface area contributed by atoms with E-state index in [0.29, 0.717) is 0 Å². The molecule has 1 amide bonds. The normalized spacial score (nSPS) is 12.0. The number of ether oxygens (including phenoxy) is 1. The van der Waals surface area contributed by atoms with Crippen molar-refractivity contribution in [1.82, 2.24) is 0 Å². The fraction of sp³-hybridized carbons (Fsp3) is 0.353. The minimum Gasteiger partial charge on any atom is -0.511 e. The lowest BCUT2D eigenvalue weighted by molar-refractivity contribution is -0.143. The number of esters is 1. The SMILES string of the molecule is CCOC(=O)CCC/C(O)=C(\C#N)C(=O)Nc1ccc(C(F)(F)F)cc1. The first-order valence-electron chi connectivity index (χ1n) is 7.65. The monoisotopic (exact) mass is 370 g/mol. The highest BCUT2D eigenvalue weighted by molar-refractivity contribution is 6.06. The molecule has 0 aromatic heterocycles. The lowest BCUT2D eigenvalue weighted by atomic mass is 10.1. The average Bonchev–Trinajstić information content (AvgIpc) is 2.55. The third kappa shape index (κ3) is 6.47. The number of hydrogen-bond donors (Lipinski definition) is 2. The fourth-order valence-corrected chi connectivity index (χ4v) is 1.94. The summed E-state index contributed by atoms with van der Waals surface area (Å²) in [5.41, 5.74) is -1.42. The van der Waals surface area contributed by atoms with E-state index in [4.69, 9.17) is 10.00 Å². The van der Waals surface area contributed by atoms with E-state index in [1.165, 1.54) is 0 Å². The number of hydrogen-bond acceptors (Lipinski definition) is 5. The van der Waals surface area contributed by atoms with Crippen LogP contribution < -0.4 is 5.32 Å². The summed E-state index contributed by atoms with van der Waals surface area (Å²) in [6, 6.07) is 5.18. The Bertz CT molecular complexity index is 719. The number of nitrogens with one attached hydrogen (secondary N) is 1. The van der Waals surface area contributed by atoms with Crippen molar-refractivity contribution in [3.05, 3.63) is 41.2 Å². The Labute approximate surface area is 147 Å². The van der Waals surface area contributed by atoms with E-state index in [1.807, 2.05) is 0 Å². The van der Waals surface area contributed by atoms with Crippen molar-refractivity contribution in [1.29, 1.82) is 5.26 Å². The van der Waals surface area contributed by atoms with Gasteiger partial charge in [-0.1, -0.05) is 0 Å². The predicted octanol–water partition coefficient (Wildman–Crippen LogP) is 3.71. The molecule has 2 N–H and O–H groups in total. The molecule has 140 valence electrons. The van der Waals surface area contributed by atoms with Gasteiger partial charge < -0.3 is 15.2 Å². The van der Waals surface area contributed by atoms with Crippen LogP contribution in [0.25, 0.3) is 0 Å². The Kier molecular flexibility index (Phi) is 7.65. The first-order valence-corrected chi connectivity index (χ1v) is 7.65. The van der Waals surface area contributed by atoms with Crippen LogP contribution in [0.5, 0.6) is 0 Å². The number of rotatable bonds is 7. The Morgan fingerprint density at radius 2 is 1.85 bits per heavy atom. The predicted molar refractivity (Wildman–Crippen MR) is 85.8 cm³/mol. The number of carbonyl (C=O) groups excluding carboxylic acids is 2. The summed E-state index contributed by atoms with van der Waals surface area (Å²) in [5.74, 6) is -1.94. The van der Waals surface area contributed by atoms with Gasteiger partial charge in [-0.15, -0.1) is 0 Å². The summed E-state index contributed by atoms with van der Waals surface area (Å²) < 4.78 is 42.2. The topological polar surface area (TPSA) is 99.4 Å². The Morgan fingerprint density at radius 1 is 1.23 bits per heavy atom. The second-order valence-corrected chi connectivity index (χ2v) is 5.12. The van der Waals surface area contributed by atoms with Gasteiger partial charge in [-0.2, -0.15) is 18.4 Å². The van der Waals surface area contributed by atoms with Crippen molar-refractivity contribution < 1.29 is 32.6 Å². The molecule has 0 aliphatic rings. The summed E-state index contributed by atoms with van der Waals surface area (Å²) in [6.07, 6.45) is -4.42.